The monoisotopic (exact) mass is 471 g/mol. The standard InChI is InChI=1S/C22H34FN3O5S/c1-15-6-3-4-7-17-14-22(17,21(29)25-32(30,31)11-9-23)24-20(28)18-8-5-10-26(18)19(27)13-16(2)12-15/h4,7,15-18H,3,5-6,8-14H2,1-2H3,(H,24,28)(H,25,29). The molecule has 0 bridgehead atoms. The summed E-state index contributed by atoms with van der Waals surface area (Å²) in [6.45, 7) is 3.59. The maximum Gasteiger partial charge on any atom is 0.259 e. The van der Waals surface area contributed by atoms with E-state index in [1.807, 2.05) is 16.9 Å². The number of hydrogen-bond acceptors (Lipinski definition) is 5. The van der Waals surface area contributed by atoms with Gasteiger partial charge in [-0.25, -0.2) is 12.8 Å². The summed E-state index contributed by atoms with van der Waals surface area (Å²) in [6, 6.07) is -0.672. The summed E-state index contributed by atoms with van der Waals surface area (Å²) >= 11 is 0. The molecule has 0 spiro atoms. The minimum Gasteiger partial charge on any atom is -0.339 e. The van der Waals surface area contributed by atoms with E-state index < -0.39 is 45.8 Å². The van der Waals surface area contributed by atoms with Crippen molar-refractivity contribution in [1.29, 1.82) is 0 Å². The summed E-state index contributed by atoms with van der Waals surface area (Å²) in [5, 5.41) is 2.76. The van der Waals surface area contributed by atoms with Gasteiger partial charge in [-0.1, -0.05) is 26.0 Å². The van der Waals surface area contributed by atoms with Gasteiger partial charge < -0.3 is 10.2 Å². The van der Waals surface area contributed by atoms with Gasteiger partial charge in [-0.05, 0) is 50.4 Å². The van der Waals surface area contributed by atoms with Gasteiger partial charge in [0.05, 0.1) is 5.75 Å². The second-order valence-electron chi connectivity index (χ2n) is 9.61. The number of allylic oxidation sites excluding steroid dienone is 1. The van der Waals surface area contributed by atoms with Crippen molar-refractivity contribution in [2.45, 2.75) is 70.4 Å². The molecule has 3 aliphatic rings. The lowest BCUT2D eigenvalue weighted by atomic mass is 9.91. The van der Waals surface area contributed by atoms with Gasteiger partial charge in [0.25, 0.3) is 5.91 Å². The average molecular weight is 472 g/mol. The summed E-state index contributed by atoms with van der Waals surface area (Å²) in [5.74, 6) is -1.88. The highest BCUT2D eigenvalue weighted by Crippen LogP contribution is 2.45. The van der Waals surface area contributed by atoms with Crippen LogP contribution in [0.1, 0.15) is 58.8 Å². The molecule has 1 saturated carbocycles. The molecule has 3 amide bonds. The van der Waals surface area contributed by atoms with Crippen LogP contribution in [0.3, 0.4) is 0 Å². The van der Waals surface area contributed by atoms with Crippen LogP contribution in [0.2, 0.25) is 0 Å². The number of alkyl halides is 1. The number of nitrogens with zero attached hydrogens (tertiary/aromatic N) is 1. The number of carbonyl (C=O) groups excluding carboxylic acids is 3. The third-order valence-electron chi connectivity index (χ3n) is 6.76. The van der Waals surface area contributed by atoms with E-state index in [2.05, 4.69) is 19.2 Å². The number of nitrogens with one attached hydrogen (secondary N) is 2. The zero-order valence-electron chi connectivity index (χ0n) is 18.8. The van der Waals surface area contributed by atoms with Crippen LogP contribution >= 0.6 is 0 Å². The second kappa shape index (κ2) is 9.89. The molecule has 32 heavy (non-hydrogen) atoms. The van der Waals surface area contributed by atoms with E-state index in [0.29, 0.717) is 31.7 Å². The molecule has 1 saturated heterocycles. The highest BCUT2D eigenvalue weighted by molar-refractivity contribution is 7.90. The average Bonchev–Trinajstić information content (AvgIpc) is 3.15. The Kier molecular flexibility index (Phi) is 7.62. The minimum absolute atomic E-state index is 0.0632. The van der Waals surface area contributed by atoms with Crippen LogP contribution in [0.25, 0.3) is 0 Å². The van der Waals surface area contributed by atoms with Gasteiger partial charge in [-0.3, -0.25) is 19.1 Å². The molecule has 2 N–H and O–H groups in total. The van der Waals surface area contributed by atoms with Crippen LogP contribution in [0, 0.1) is 17.8 Å². The molecule has 3 rings (SSSR count). The fourth-order valence-corrected chi connectivity index (χ4v) is 5.72. The molecule has 10 heteroatoms. The summed E-state index contributed by atoms with van der Waals surface area (Å²) in [7, 11) is -4.13. The summed E-state index contributed by atoms with van der Waals surface area (Å²) in [6.07, 6.45) is 8.31. The normalized spacial score (nSPS) is 34.0. The Morgan fingerprint density at radius 3 is 2.75 bits per heavy atom. The zero-order valence-corrected chi connectivity index (χ0v) is 19.6. The molecular formula is C22H34FN3O5S. The van der Waals surface area contributed by atoms with Gasteiger partial charge in [0.2, 0.25) is 21.8 Å². The van der Waals surface area contributed by atoms with Crippen LogP contribution in [-0.4, -0.2) is 61.6 Å². The first-order valence-electron chi connectivity index (χ1n) is 11.5. The van der Waals surface area contributed by atoms with E-state index in [9.17, 15) is 27.2 Å². The van der Waals surface area contributed by atoms with Crippen LogP contribution in [0.4, 0.5) is 4.39 Å². The molecule has 2 heterocycles. The highest BCUT2D eigenvalue weighted by atomic mass is 32.2. The first-order valence-corrected chi connectivity index (χ1v) is 13.1. The van der Waals surface area contributed by atoms with Crippen molar-refractivity contribution in [3.8, 4) is 0 Å². The predicted molar refractivity (Wildman–Crippen MR) is 118 cm³/mol. The van der Waals surface area contributed by atoms with E-state index in [1.54, 1.807) is 4.90 Å². The lowest BCUT2D eigenvalue weighted by molar-refractivity contribution is -0.140. The third-order valence-corrected chi connectivity index (χ3v) is 7.95. The molecule has 5 unspecified atom stereocenters. The van der Waals surface area contributed by atoms with Gasteiger partial charge in [0.15, 0.2) is 0 Å². The van der Waals surface area contributed by atoms with E-state index in [0.717, 1.165) is 19.3 Å². The lowest BCUT2D eigenvalue weighted by Crippen LogP contribution is -2.56. The molecule has 1 aliphatic carbocycles. The SMILES string of the molecule is CC1CCC=CC2CC2(C(=O)NS(=O)(=O)CCF)NC(=O)C2CCCN2C(=O)CC(C)C1. The van der Waals surface area contributed by atoms with Crippen molar-refractivity contribution in [3.63, 3.8) is 0 Å². The zero-order chi connectivity index (χ0) is 23.5. The molecule has 2 aliphatic heterocycles. The molecule has 5 atom stereocenters. The quantitative estimate of drug-likeness (QED) is 0.606. The number of halogens is 1. The largest absolute Gasteiger partial charge is 0.339 e. The summed E-state index contributed by atoms with van der Waals surface area (Å²) in [4.78, 5) is 40.5. The maximum atomic E-state index is 13.1. The van der Waals surface area contributed by atoms with Crippen molar-refractivity contribution in [2.75, 3.05) is 19.0 Å². The Bertz CT molecular complexity index is 877. The first-order chi connectivity index (χ1) is 15.1. The molecule has 0 aromatic rings. The van der Waals surface area contributed by atoms with Gasteiger partial charge in [-0.15, -0.1) is 0 Å². The molecular weight excluding hydrogens is 437 g/mol. The van der Waals surface area contributed by atoms with E-state index in [-0.39, 0.29) is 24.2 Å². The predicted octanol–water partition coefficient (Wildman–Crippen LogP) is 1.67. The Morgan fingerprint density at radius 1 is 1.28 bits per heavy atom. The Labute approximate surface area is 189 Å². The van der Waals surface area contributed by atoms with Gasteiger partial charge in [0, 0.05) is 18.9 Å². The van der Waals surface area contributed by atoms with Gasteiger partial charge in [0.1, 0.15) is 18.3 Å². The van der Waals surface area contributed by atoms with Crippen LogP contribution in [-0.2, 0) is 24.4 Å². The third kappa shape index (κ3) is 5.68. The molecule has 2 fully saturated rings. The van der Waals surface area contributed by atoms with Crippen LogP contribution in [0.5, 0.6) is 0 Å². The van der Waals surface area contributed by atoms with Gasteiger partial charge >= 0.3 is 0 Å². The Morgan fingerprint density at radius 2 is 2.03 bits per heavy atom. The topological polar surface area (TPSA) is 113 Å². The molecule has 0 aromatic heterocycles. The number of carbonyl (C=O) groups is 3. The van der Waals surface area contributed by atoms with E-state index in [1.165, 1.54) is 0 Å². The number of fused-ring (bicyclic) bond motifs is 2. The van der Waals surface area contributed by atoms with Crippen LogP contribution < -0.4 is 10.0 Å². The summed E-state index contributed by atoms with van der Waals surface area (Å²) < 4.78 is 38.4. The van der Waals surface area contributed by atoms with Crippen LogP contribution in [0.15, 0.2) is 12.2 Å². The molecule has 0 radical (unpaired) electrons. The fourth-order valence-electron chi connectivity index (χ4n) is 4.95. The smallest absolute Gasteiger partial charge is 0.259 e. The Hall–Kier alpha value is -1.97. The molecule has 8 nitrogen and oxygen atoms in total. The van der Waals surface area contributed by atoms with Gasteiger partial charge in [-0.2, -0.15) is 0 Å². The number of hydrogen-bond donors (Lipinski definition) is 2. The lowest BCUT2D eigenvalue weighted by Gasteiger charge is -2.28. The van der Waals surface area contributed by atoms with E-state index in [4.69, 9.17) is 0 Å². The molecule has 180 valence electrons. The number of amides is 3. The Balaban J connectivity index is 1.84. The van der Waals surface area contributed by atoms with Crippen molar-refractivity contribution in [1.82, 2.24) is 14.9 Å². The second-order valence-corrected chi connectivity index (χ2v) is 11.5. The number of rotatable bonds is 4. The molecule has 0 aromatic carbocycles. The van der Waals surface area contributed by atoms with E-state index >= 15 is 0 Å². The summed E-state index contributed by atoms with van der Waals surface area (Å²) in [5.41, 5.74) is -1.40. The number of sulfonamides is 1. The van der Waals surface area contributed by atoms with Crippen molar-refractivity contribution in [3.05, 3.63) is 12.2 Å². The minimum atomic E-state index is -4.13. The van der Waals surface area contributed by atoms with Crippen molar-refractivity contribution >= 4 is 27.7 Å². The highest BCUT2D eigenvalue weighted by Gasteiger charge is 2.61. The maximum absolute atomic E-state index is 13.1. The fraction of sp³-hybridized carbons (Fsp3) is 0.773. The van der Waals surface area contributed by atoms with Crippen molar-refractivity contribution in [2.24, 2.45) is 17.8 Å². The first kappa shape index (κ1) is 24.7. The van der Waals surface area contributed by atoms with Crippen molar-refractivity contribution < 1.29 is 27.2 Å².